The molecule has 7 rings (SSSR count). The zero-order valence-corrected chi connectivity index (χ0v) is 27.3. The Balaban J connectivity index is 1.11. The standard InChI is InChI=1S/C40H29N3O3S2/c44-38(43-34-20-6-8-22-36(34)48-37-23-9-7-21-35(37)43)26-47-31-18-11-17-30(25-31)41-40(46)33(42-39(45)28-13-2-1-3-14-28)24-29-16-10-15-27-12-4-5-19-32(27)29/h1-25H,26H2,(H,41,46)(H,42,45)/b33-24-. The molecular weight excluding hydrogens is 635 g/mol. The molecule has 0 aliphatic carbocycles. The lowest BCUT2D eigenvalue weighted by Crippen LogP contribution is -2.30. The van der Waals surface area contributed by atoms with Crippen molar-refractivity contribution >= 4 is 75.2 Å². The fourth-order valence-electron chi connectivity index (χ4n) is 5.52. The van der Waals surface area contributed by atoms with Crippen molar-refractivity contribution in [2.75, 3.05) is 16.0 Å². The molecule has 0 unspecified atom stereocenters. The van der Waals surface area contributed by atoms with Crippen LogP contribution in [0.25, 0.3) is 16.8 Å². The molecule has 0 radical (unpaired) electrons. The van der Waals surface area contributed by atoms with Gasteiger partial charge in [-0.05, 0) is 77.0 Å². The van der Waals surface area contributed by atoms with Gasteiger partial charge in [0, 0.05) is 25.9 Å². The summed E-state index contributed by atoms with van der Waals surface area (Å²) in [6.45, 7) is 0. The van der Waals surface area contributed by atoms with E-state index in [1.807, 2.05) is 115 Å². The van der Waals surface area contributed by atoms with Crippen molar-refractivity contribution < 1.29 is 14.4 Å². The maximum Gasteiger partial charge on any atom is 0.272 e. The van der Waals surface area contributed by atoms with E-state index in [1.54, 1.807) is 53.1 Å². The summed E-state index contributed by atoms with van der Waals surface area (Å²) < 4.78 is 0. The van der Waals surface area contributed by atoms with Crippen LogP contribution in [0.3, 0.4) is 0 Å². The van der Waals surface area contributed by atoms with Crippen molar-refractivity contribution in [3.05, 3.63) is 162 Å². The average molecular weight is 664 g/mol. The lowest BCUT2D eigenvalue weighted by molar-refractivity contribution is -0.115. The molecule has 1 aliphatic heterocycles. The highest BCUT2D eigenvalue weighted by Gasteiger charge is 2.27. The second-order valence-corrected chi connectivity index (χ2v) is 13.1. The summed E-state index contributed by atoms with van der Waals surface area (Å²) in [5, 5.41) is 7.76. The van der Waals surface area contributed by atoms with Crippen LogP contribution in [0.2, 0.25) is 0 Å². The van der Waals surface area contributed by atoms with E-state index in [9.17, 15) is 14.4 Å². The number of hydrogen-bond acceptors (Lipinski definition) is 5. The van der Waals surface area contributed by atoms with Crippen LogP contribution in [0.15, 0.2) is 166 Å². The fraction of sp³-hybridized carbons (Fsp3) is 0.0250. The third-order valence-electron chi connectivity index (χ3n) is 7.79. The molecule has 0 atom stereocenters. The topological polar surface area (TPSA) is 78.5 Å². The number of hydrogen-bond donors (Lipinski definition) is 2. The van der Waals surface area contributed by atoms with Crippen LogP contribution in [0.4, 0.5) is 17.1 Å². The van der Waals surface area contributed by atoms with Gasteiger partial charge in [0.25, 0.3) is 11.8 Å². The molecule has 234 valence electrons. The molecule has 0 saturated heterocycles. The highest BCUT2D eigenvalue weighted by atomic mass is 32.2. The minimum Gasteiger partial charge on any atom is -0.321 e. The van der Waals surface area contributed by atoms with Crippen molar-refractivity contribution in [2.24, 2.45) is 0 Å². The number of carbonyl (C=O) groups is 3. The van der Waals surface area contributed by atoms with E-state index < -0.39 is 5.91 Å². The maximum atomic E-state index is 13.8. The van der Waals surface area contributed by atoms with Crippen molar-refractivity contribution in [1.29, 1.82) is 0 Å². The number of nitrogens with one attached hydrogen (secondary N) is 2. The number of fused-ring (bicyclic) bond motifs is 3. The number of carbonyl (C=O) groups excluding carboxylic acids is 3. The Hall–Kier alpha value is -5.57. The van der Waals surface area contributed by atoms with Gasteiger partial charge in [0.2, 0.25) is 5.91 Å². The molecule has 6 aromatic rings. The molecule has 6 nitrogen and oxygen atoms in total. The van der Waals surface area contributed by atoms with Crippen LogP contribution in [-0.2, 0) is 9.59 Å². The molecule has 0 saturated carbocycles. The van der Waals surface area contributed by atoms with E-state index in [2.05, 4.69) is 10.6 Å². The molecule has 48 heavy (non-hydrogen) atoms. The molecule has 1 aliphatic rings. The Morgan fingerprint density at radius 1 is 0.688 bits per heavy atom. The van der Waals surface area contributed by atoms with E-state index in [-0.39, 0.29) is 23.3 Å². The predicted molar refractivity (Wildman–Crippen MR) is 196 cm³/mol. The van der Waals surface area contributed by atoms with Gasteiger partial charge < -0.3 is 10.6 Å². The van der Waals surface area contributed by atoms with E-state index in [0.29, 0.717) is 11.3 Å². The molecule has 0 fully saturated rings. The number of para-hydroxylation sites is 2. The number of anilines is 3. The van der Waals surface area contributed by atoms with Crippen molar-refractivity contribution in [3.63, 3.8) is 0 Å². The van der Waals surface area contributed by atoms with E-state index in [0.717, 1.165) is 42.4 Å². The number of rotatable bonds is 8. The van der Waals surface area contributed by atoms with Gasteiger partial charge in [0.15, 0.2) is 0 Å². The average Bonchev–Trinajstić information content (AvgIpc) is 3.13. The number of benzene rings is 6. The summed E-state index contributed by atoms with van der Waals surface area (Å²) in [4.78, 5) is 45.3. The zero-order valence-electron chi connectivity index (χ0n) is 25.6. The highest BCUT2D eigenvalue weighted by Crippen LogP contribution is 2.48. The third-order valence-corrected chi connectivity index (χ3v) is 9.90. The first-order valence-electron chi connectivity index (χ1n) is 15.3. The number of thioether (sulfide) groups is 1. The Bertz CT molecular complexity index is 2150. The number of nitrogens with zero attached hydrogens (tertiary/aromatic N) is 1. The molecule has 0 aromatic heterocycles. The maximum absolute atomic E-state index is 13.8. The van der Waals surface area contributed by atoms with Crippen LogP contribution >= 0.6 is 23.5 Å². The van der Waals surface area contributed by atoms with Gasteiger partial charge in [-0.1, -0.05) is 103 Å². The predicted octanol–water partition coefficient (Wildman–Crippen LogP) is 9.17. The van der Waals surface area contributed by atoms with Crippen LogP contribution in [0, 0.1) is 0 Å². The Morgan fingerprint density at radius 2 is 1.33 bits per heavy atom. The normalized spacial score (nSPS) is 12.2. The zero-order chi connectivity index (χ0) is 32.9. The van der Waals surface area contributed by atoms with Gasteiger partial charge in [-0.15, -0.1) is 11.8 Å². The van der Waals surface area contributed by atoms with Crippen LogP contribution < -0.4 is 15.5 Å². The summed E-state index contributed by atoms with van der Waals surface area (Å²) in [7, 11) is 0. The van der Waals surface area contributed by atoms with Gasteiger partial charge in [0.1, 0.15) is 5.70 Å². The largest absolute Gasteiger partial charge is 0.321 e. The molecule has 1 heterocycles. The summed E-state index contributed by atoms with van der Waals surface area (Å²) in [5.41, 5.74) is 3.63. The third kappa shape index (κ3) is 6.76. The first kappa shape index (κ1) is 31.1. The molecule has 3 amide bonds. The fourth-order valence-corrected chi connectivity index (χ4v) is 7.38. The van der Waals surface area contributed by atoms with E-state index in [4.69, 9.17) is 0 Å². The SMILES string of the molecule is O=C(Nc1cccc(SCC(=O)N2c3ccccc3Sc3ccccc32)c1)/C(=C/c1cccc2ccccc12)NC(=O)c1ccccc1. The molecular formula is C40H29N3O3S2. The minimum absolute atomic E-state index is 0.0430. The monoisotopic (exact) mass is 663 g/mol. The van der Waals surface area contributed by atoms with Crippen molar-refractivity contribution in [2.45, 2.75) is 14.7 Å². The minimum atomic E-state index is -0.468. The van der Waals surface area contributed by atoms with Gasteiger partial charge in [-0.25, -0.2) is 0 Å². The smallest absolute Gasteiger partial charge is 0.272 e. The quantitative estimate of drug-likeness (QED) is 0.125. The summed E-state index contributed by atoms with van der Waals surface area (Å²) in [6, 6.07) is 45.7. The first-order valence-corrected chi connectivity index (χ1v) is 17.1. The molecule has 8 heteroatoms. The Labute approximate surface area is 286 Å². The van der Waals surface area contributed by atoms with Crippen LogP contribution in [-0.4, -0.2) is 23.5 Å². The van der Waals surface area contributed by atoms with Gasteiger partial charge >= 0.3 is 0 Å². The molecule has 0 spiro atoms. The van der Waals surface area contributed by atoms with Crippen molar-refractivity contribution in [3.8, 4) is 0 Å². The lowest BCUT2D eigenvalue weighted by atomic mass is 10.0. The van der Waals surface area contributed by atoms with Crippen LogP contribution in [0.1, 0.15) is 15.9 Å². The Morgan fingerprint density at radius 3 is 2.10 bits per heavy atom. The highest BCUT2D eigenvalue weighted by molar-refractivity contribution is 8.00. The summed E-state index contributed by atoms with van der Waals surface area (Å²) in [5.74, 6) is -0.702. The van der Waals surface area contributed by atoms with E-state index >= 15 is 0 Å². The van der Waals surface area contributed by atoms with Gasteiger partial charge in [-0.3, -0.25) is 19.3 Å². The van der Waals surface area contributed by atoms with E-state index in [1.165, 1.54) is 11.8 Å². The van der Waals surface area contributed by atoms with Crippen LogP contribution in [0.5, 0.6) is 0 Å². The molecule has 6 aromatic carbocycles. The second-order valence-electron chi connectivity index (χ2n) is 11.0. The summed E-state index contributed by atoms with van der Waals surface area (Å²) in [6.07, 6.45) is 1.70. The van der Waals surface area contributed by atoms with Gasteiger partial charge in [0.05, 0.1) is 17.1 Å². The molecule has 0 bridgehead atoms. The van der Waals surface area contributed by atoms with Crippen molar-refractivity contribution in [1.82, 2.24) is 5.32 Å². The summed E-state index contributed by atoms with van der Waals surface area (Å²) >= 11 is 3.06. The second kappa shape index (κ2) is 14.0. The van der Waals surface area contributed by atoms with Gasteiger partial charge in [-0.2, -0.15) is 0 Å². The molecule has 2 N–H and O–H groups in total. The Kier molecular flexibility index (Phi) is 9.09. The lowest BCUT2D eigenvalue weighted by Gasteiger charge is -2.31. The first-order chi connectivity index (χ1) is 23.5. The number of amides is 3.